The number of carbonyl (C=O) groups excluding carboxylic acids is 1. The van der Waals surface area contributed by atoms with E-state index in [4.69, 9.17) is 4.74 Å². The van der Waals surface area contributed by atoms with Crippen molar-refractivity contribution in [1.29, 1.82) is 0 Å². The van der Waals surface area contributed by atoms with Crippen LogP contribution in [0.1, 0.15) is 18.4 Å². The number of rotatable bonds is 7. The first-order chi connectivity index (χ1) is 11.3. The number of carbonyl (C=O) groups is 1. The molecule has 2 aliphatic rings. The summed E-state index contributed by atoms with van der Waals surface area (Å²) in [5, 5.41) is 3.06. The highest BCUT2D eigenvalue weighted by Crippen LogP contribution is 2.26. The molecule has 1 fully saturated rings. The fraction of sp³-hybridized carbons (Fsp3) is 0.611. The van der Waals surface area contributed by atoms with Gasteiger partial charge in [0.1, 0.15) is 5.75 Å². The van der Waals surface area contributed by atoms with Crippen molar-refractivity contribution in [3.8, 4) is 5.75 Å². The first kappa shape index (κ1) is 16.7. The van der Waals surface area contributed by atoms with Crippen LogP contribution in [0.25, 0.3) is 0 Å². The standard InChI is InChI=1S/C18H26N2O2S/c21-18(14-23-10-9-20-7-3-4-8-20)19-12-15-11-16-5-1-2-6-17(16)22-13-15/h1-2,5-6,15H,3-4,7-14H2,(H,19,21). The van der Waals surface area contributed by atoms with Gasteiger partial charge in [0.2, 0.25) is 5.91 Å². The van der Waals surface area contributed by atoms with Crippen molar-refractivity contribution >= 4 is 17.7 Å². The van der Waals surface area contributed by atoms with Gasteiger partial charge < -0.3 is 15.0 Å². The summed E-state index contributed by atoms with van der Waals surface area (Å²) >= 11 is 1.74. The number of hydrogen-bond acceptors (Lipinski definition) is 4. The molecule has 0 radical (unpaired) electrons. The molecule has 1 aromatic carbocycles. The predicted molar refractivity (Wildman–Crippen MR) is 95.1 cm³/mol. The Hall–Kier alpha value is -1.20. The van der Waals surface area contributed by atoms with E-state index >= 15 is 0 Å². The lowest BCUT2D eigenvalue weighted by molar-refractivity contribution is -0.118. The second kappa shape index (κ2) is 8.60. The molecule has 0 aliphatic carbocycles. The number of ether oxygens (including phenoxy) is 1. The maximum absolute atomic E-state index is 11.9. The number of thioether (sulfide) groups is 1. The number of amides is 1. The van der Waals surface area contributed by atoms with Gasteiger partial charge in [0.05, 0.1) is 12.4 Å². The lowest BCUT2D eigenvalue weighted by Crippen LogP contribution is -2.35. The average molecular weight is 334 g/mol. The predicted octanol–water partition coefficient (Wildman–Crippen LogP) is 2.18. The summed E-state index contributed by atoms with van der Waals surface area (Å²) in [6.07, 6.45) is 3.65. The fourth-order valence-corrected chi connectivity index (χ4v) is 4.01. The number of hydrogen-bond donors (Lipinski definition) is 1. The normalized spacial score (nSPS) is 20.8. The molecule has 126 valence electrons. The molecule has 0 spiro atoms. The van der Waals surface area contributed by atoms with E-state index in [0.717, 1.165) is 24.5 Å². The maximum Gasteiger partial charge on any atom is 0.230 e. The van der Waals surface area contributed by atoms with Gasteiger partial charge in [0.25, 0.3) is 0 Å². The molecule has 2 aliphatic heterocycles. The minimum absolute atomic E-state index is 0.148. The van der Waals surface area contributed by atoms with Crippen molar-refractivity contribution in [2.45, 2.75) is 19.3 Å². The minimum atomic E-state index is 0.148. The molecule has 1 unspecified atom stereocenters. The molecule has 23 heavy (non-hydrogen) atoms. The van der Waals surface area contributed by atoms with Gasteiger partial charge >= 0.3 is 0 Å². The van der Waals surface area contributed by atoms with E-state index in [2.05, 4.69) is 16.3 Å². The van der Waals surface area contributed by atoms with Crippen molar-refractivity contribution in [1.82, 2.24) is 10.2 Å². The van der Waals surface area contributed by atoms with Crippen molar-refractivity contribution in [3.63, 3.8) is 0 Å². The van der Waals surface area contributed by atoms with Crippen LogP contribution in [-0.2, 0) is 11.2 Å². The molecule has 0 bridgehead atoms. The molecule has 2 heterocycles. The highest BCUT2D eigenvalue weighted by Gasteiger charge is 2.20. The Morgan fingerprint density at radius 3 is 3.00 bits per heavy atom. The quantitative estimate of drug-likeness (QED) is 0.776. The molecule has 0 saturated carbocycles. The Labute approximate surface area is 143 Å². The van der Waals surface area contributed by atoms with E-state index < -0.39 is 0 Å². The van der Waals surface area contributed by atoms with Gasteiger partial charge in [-0.25, -0.2) is 0 Å². The van der Waals surface area contributed by atoms with Crippen molar-refractivity contribution < 1.29 is 9.53 Å². The average Bonchev–Trinajstić information content (AvgIpc) is 3.10. The molecule has 0 aromatic heterocycles. The van der Waals surface area contributed by atoms with Crippen molar-refractivity contribution in [2.75, 3.05) is 44.3 Å². The van der Waals surface area contributed by atoms with Crippen LogP contribution in [0.2, 0.25) is 0 Å². The Bertz CT molecular complexity index is 517. The molecule has 1 saturated heterocycles. The minimum Gasteiger partial charge on any atom is -0.493 e. The lowest BCUT2D eigenvalue weighted by atomic mass is 9.97. The van der Waals surface area contributed by atoms with Crippen LogP contribution in [-0.4, -0.2) is 55.1 Å². The number of nitrogens with zero attached hydrogens (tertiary/aromatic N) is 1. The SMILES string of the molecule is O=C(CSCCN1CCCC1)NCC1COc2ccccc2C1. The van der Waals surface area contributed by atoms with Gasteiger partial charge in [0, 0.05) is 24.8 Å². The zero-order valence-corrected chi connectivity index (χ0v) is 14.4. The van der Waals surface area contributed by atoms with Gasteiger partial charge in [-0.3, -0.25) is 4.79 Å². The van der Waals surface area contributed by atoms with Gasteiger partial charge in [-0.05, 0) is 44.0 Å². The Kier molecular flexibility index (Phi) is 6.22. The Morgan fingerprint density at radius 1 is 1.30 bits per heavy atom. The van der Waals surface area contributed by atoms with E-state index in [1.807, 2.05) is 18.2 Å². The van der Waals surface area contributed by atoms with Crippen molar-refractivity contribution in [3.05, 3.63) is 29.8 Å². The van der Waals surface area contributed by atoms with E-state index in [-0.39, 0.29) is 5.91 Å². The topological polar surface area (TPSA) is 41.6 Å². The molecule has 5 heteroatoms. The number of likely N-dealkylation sites (tertiary alicyclic amines) is 1. The van der Waals surface area contributed by atoms with Crippen LogP contribution in [0.15, 0.2) is 24.3 Å². The summed E-state index contributed by atoms with van der Waals surface area (Å²) in [6, 6.07) is 8.17. The highest BCUT2D eigenvalue weighted by atomic mass is 32.2. The summed E-state index contributed by atoms with van der Waals surface area (Å²) in [5.41, 5.74) is 1.25. The van der Waals surface area contributed by atoms with Gasteiger partial charge in [-0.1, -0.05) is 18.2 Å². The molecule has 3 rings (SSSR count). The summed E-state index contributed by atoms with van der Waals surface area (Å²) in [5.74, 6) is 3.14. The van der Waals surface area contributed by atoms with E-state index in [1.165, 1.54) is 31.5 Å². The van der Waals surface area contributed by atoms with Gasteiger partial charge in [0.15, 0.2) is 0 Å². The fourth-order valence-electron chi connectivity index (χ4n) is 3.20. The van der Waals surface area contributed by atoms with Gasteiger partial charge in [-0.15, -0.1) is 0 Å². The zero-order valence-electron chi connectivity index (χ0n) is 13.6. The van der Waals surface area contributed by atoms with E-state index in [0.29, 0.717) is 24.8 Å². The van der Waals surface area contributed by atoms with E-state index in [9.17, 15) is 4.79 Å². The lowest BCUT2D eigenvalue weighted by Gasteiger charge is -2.25. The third-order valence-electron chi connectivity index (χ3n) is 4.53. The molecule has 1 amide bonds. The molecule has 1 atom stereocenters. The number of nitrogens with one attached hydrogen (secondary N) is 1. The Morgan fingerprint density at radius 2 is 2.13 bits per heavy atom. The summed E-state index contributed by atoms with van der Waals surface area (Å²) in [4.78, 5) is 14.4. The van der Waals surface area contributed by atoms with Crippen molar-refractivity contribution in [2.24, 2.45) is 5.92 Å². The van der Waals surface area contributed by atoms with Crippen LogP contribution in [0, 0.1) is 5.92 Å². The third-order valence-corrected chi connectivity index (χ3v) is 5.46. The van der Waals surface area contributed by atoms with Crippen LogP contribution >= 0.6 is 11.8 Å². The highest BCUT2D eigenvalue weighted by molar-refractivity contribution is 7.99. The van der Waals surface area contributed by atoms with Crippen LogP contribution in [0.4, 0.5) is 0 Å². The zero-order chi connectivity index (χ0) is 15.9. The largest absolute Gasteiger partial charge is 0.493 e. The maximum atomic E-state index is 11.9. The third kappa shape index (κ3) is 5.15. The first-order valence-electron chi connectivity index (χ1n) is 8.59. The summed E-state index contributed by atoms with van der Waals surface area (Å²) < 4.78 is 5.76. The smallest absolute Gasteiger partial charge is 0.230 e. The van der Waals surface area contributed by atoms with Gasteiger partial charge in [-0.2, -0.15) is 11.8 Å². The van der Waals surface area contributed by atoms with Crippen LogP contribution in [0.3, 0.4) is 0 Å². The Balaban J connectivity index is 1.29. The second-order valence-corrected chi connectivity index (χ2v) is 7.50. The monoisotopic (exact) mass is 334 g/mol. The first-order valence-corrected chi connectivity index (χ1v) is 9.74. The van der Waals surface area contributed by atoms with E-state index in [1.54, 1.807) is 11.8 Å². The molecule has 1 aromatic rings. The summed E-state index contributed by atoms with van der Waals surface area (Å²) in [6.45, 7) is 4.98. The van der Waals surface area contributed by atoms with Crippen LogP contribution in [0.5, 0.6) is 5.75 Å². The molecule has 4 nitrogen and oxygen atoms in total. The second-order valence-electron chi connectivity index (χ2n) is 6.39. The molecular weight excluding hydrogens is 308 g/mol. The number of benzene rings is 1. The number of fused-ring (bicyclic) bond motifs is 1. The van der Waals surface area contributed by atoms with Crippen LogP contribution < -0.4 is 10.1 Å². The summed E-state index contributed by atoms with van der Waals surface area (Å²) in [7, 11) is 0. The molecule has 1 N–H and O–H groups in total. The number of para-hydroxylation sites is 1. The molecular formula is C18H26N2O2S.